The standard InChI is InChI=1S/C13H19NO3.ClH/c1-16-10-2-3-12(15)11(8-10)13(14)9-4-6-17-7-5-9;/h2-3,8-9,13,15H,4-7,14H2,1H3;1H/t13-;/m1./s1. The van der Waals surface area contributed by atoms with Crippen LogP contribution in [0.2, 0.25) is 0 Å². The molecule has 1 aromatic rings. The molecule has 0 spiro atoms. The Balaban J connectivity index is 0.00000162. The predicted molar refractivity (Wildman–Crippen MR) is 72.4 cm³/mol. The molecule has 1 saturated heterocycles. The van der Waals surface area contributed by atoms with E-state index in [-0.39, 0.29) is 24.2 Å². The van der Waals surface area contributed by atoms with Gasteiger partial charge in [-0.15, -0.1) is 12.4 Å². The van der Waals surface area contributed by atoms with E-state index < -0.39 is 0 Å². The minimum Gasteiger partial charge on any atom is -0.508 e. The summed E-state index contributed by atoms with van der Waals surface area (Å²) < 4.78 is 10.5. The number of ether oxygens (including phenoxy) is 2. The maximum Gasteiger partial charge on any atom is 0.120 e. The molecule has 102 valence electrons. The zero-order chi connectivity index (χ0) is 12.3. The highest BCUT2D eigenvalue weighted by molar-refractivity contribution is 5.85. The molecular weight excluding hydrogens is 254 g/mol. The molecular formula is C13H20ClNO3. The Labute approximate surface area is 113 Å². The molecule has 0 amide bonds. The lowest BCUT2D eigenvalue weighted by Crippen LogP contribution is -2.27. The first-order valence-corrected chi connectivity index (χ1v) is 5.92. The number of aromatic hydroxyl groups is 1. The van der Waals surface area contributed by atoms with Gasteiger partial charge in [-0.3, -0.25) is 0 Å². The van der Waals surface area contributed by atoms with E-state index in [9.17, 15) is 5.11 Å². The number of benzene rings is 1. The van der Waals surface area contributed by atoms with Crippen molar-refractivity contribution < 1.29 is 14.6 Å². The summed E-state index contributed by atoms with van der Waals surface area (Å²) in [7, 11) is 1.61. The summed E-state index contributed by atoms with van der Waals surface area (Å²) in [5, 5.41) is 9.86. The summed E-state index contributed by atoms with van der Waals surface area (Å²) in [6, 6.07) is 5.02. The fourth-order valence-electron chi connectivity index (χ4n) is 2.26. The highest BCUT2D eigenvalue weighted by atomic mass is 35.5. The molecule has 5 heteroatoms. The molecule has 3 N–H and O–H groups in total. The molecule has 0 unspecified atom stereocenters. The van der Waals surface area contributed by atoms with Gasteiger partial charge < -0.3 is 20.3 Å². The molecule has 0 saturated carbocycles. The van der Waals surface area contributed by atoms with Crippen LogP contribution in [0.15, 0.2) is 18.2 Å². The lowest BCUT2D eigenvalue weighted by Gasteiger charge is -2.28. The third kappa shape index (κ3) is 3.28. The van der Waals surface area contributed by atoms with E-state index in [4.69, 9.17) is 15.2 Å². The molecule has 0 radical (unpaired) electrons. The average molecular weight is 274 g/mol. The molecule has 1 atom stereocenters. The molecule has 1 aromatic carbocycles. The minimum absolute atomic E-state index is 0. The second-order valence-corrected chi connectivity index (χ2v) is 4.40. The molecule has 1 fully saturated rings. The lowest BCUT2D eigenvalue weighted by atomic mass is 9.87. The first-order chi connectivity index (χ1) is 8.22. The van der Waals surface area contributed by atoms with Crippen LogP contribution in [0, 0.1) is 5.92 Å². The van der Waals surface area contributed by atoms with Gasteiger partial charge in [0.05, 0.1) is 7.11 Å². The van der Waals surface area contributed by atoms with Crippen molar-refractivity contribution in [3.63, 3.8) is 0 Å². The van der Waals surface area contributed by atoms with Crippen LogP contribution in [0.1, 0.15) is 24.4 Å². The van der Waals surface area contributed by atoms with E-state index in [1.54, 1.807) is 19.2 Å². The van der Waals surface area contributed by atoms with Crippen LogP contribution in [0.5, 0.6) is 11.5 Å². The van der Waals surface area contributed by atoms with Gasteiger partial charge in [0, 0.05) is 24.8 Å². The Bertz CT molecular complexity index is 380. The van der Waals surface area contributed by atoms with E-state index in [0.717, 1.165) is 37.4 Å². The van der Waals surface area contributed by atoms with E-state index in [0.29, 0.717) is 5.92 Å². The minimum atomic E-state index is -0.158. The summed E-state index contributed by atoms with van der Waals surface area (Å²) in [6.07, 6.45) is 1.88. The molecule has 0 bridgehead atoms. The van der Waals surface area contributed by atoms with Crippen molar-refractivity contribution in [2.45, 2.75) is 18.9 Å². The average Bonchev–Trinajstić information content (AvgIpc) is 2.39. The van der Waals surface area contributed by atoms with Crippen molar-refractivity contribution in [2.24, 2.45) is 11.7 Å². The van der Waals surface area contributed by atoms with Crippen LogP contribution < -0.4 is 10.5 Å². The molecule has 2 rings (SSSR count). The summed E-state index contributed by atoms with van der Waals surface area (Å²) in [5.41, 5.74) is 6.98. The van der Waals surface area contributed by atoms with Gasteiger partial charge in [0.25, 0.3) is 0 Å². The number of nitrogens with two attached hydrogens (primary N) is 1. The monoisotopic (exact) mass is 273 g/mol. The first-order valence-electron chi connectivity index (χ1n) is 5.92. The zero-order valence-electron chi connectivity index (χ0n) is 10.5. The van der Waals surface area contributed by atoms with Crippen LogP contribution >= 0.6 is 12.4 Å². The van der Waals surface area contributed by atoms with E-state index in [1.807, 2.05) is 6.07 Å². The molecule has 1 heterocycles. The van der Waals surface area contributed by atoms with Gasteiger partial charge in [-0.05, 0) is 37.0 Å². The van der Waals surface area contributed by atoms with Gasteiger partial charge in [0.15, 0.2) is 0 Å². The number of halogens is 1. The normalized spacial score (nSPS) is 17.9. The maximum absolute atomic E-state index is 9.86. The SMILES string of the molecule is COc1ccc(O)c([C@H](N)C2CCOCC2)c1.Cl. The zero-order valence-corrected chi connectivity index (χ0v) is 11.3. The summed E-state index contributed by atoms with van der Waals surface area (Å²) in [5.74, 6) is 1.33. The third-order valence-electron chi connectivity index (χ3n) is 3.37. The molecule has 1 aliphatic heterocycles. The van der Waals surface area contributed by atoms with Crippen molar-refractivity contribution in [1.29, 1.82) is 0 Å². The smallest absolute Gasteiger partial charge is 0.120 e. The van der Waals surface area contributed by atoms with E-state index in [1.165, 1.54) is 0 Å². The number of hydrogen-bond donors (Lipinski definition) is 2. The summed E-state index contributed by atoms with van der Waals surface area (Å²) >= 11 is 0. The number of phenolic OH excluding ortho intramolecular Hbond substituents is 1. The first kappa shape index (κ1) is 15.1. The van der Waals surface area contributed by atoms with Crippen molar-refractivity contribution in [2.75, 3.05) is 20.3 Å². The number of hydrogen-bond acceptors (Lipinski definition) is 4. The van der Waals surface area contributed by atoms with Gasteiger partial charge in [-0.2, -0.15) is 0 Å². The summed E-state index contributed by atoms with van der Waals surface area (Å²) in [6.45, 7) is 1.51. The third-order valence-corrected chi connectivity index (χ3v) is 3.37. The van der Waals surface area contributed by atoms with Crippen molar-refractivity contribution >= 4 is 12.4 Å². The molecule has 18 heavy (non-hydrogen) atoms. The van der Waals surface area contributed by atoms with E-state index in [2.05, 4.69) is 0 Å². The second kappa shape index (κ2) is 6.83. The molecule has 0 aromatic heterocycles. The van der Waals surface area contributed by atoms with Crippen LogP contribution in [-0.2, 0) is 4.74 Å². The second-order valence-electron chi connectivity index (χ2n) is 4.40. The molecule has 1 aliphatic rings. The van der Waals surface area contributed by atoms with Gasteiger partial charge in [-0.25, -0.2) is 0 Å². The molecule has 4 nitrogen and oxygen atoms in total. The maximum atomic E-state index is 9.86. The van der Waals surface area contributed by atoms with Crippen LogP contribution in [0.25, 0.3) is 0 Å². The summed E-state index contributed by atoms with van der Waals surface area (Å²) in [4.78, 5) is 0. The van der Waals surface area contributed by atoms with Gasteiger partial charge in [-0.1, -0.05) is 0 Å². The van der Waals surface area contributed by atoms with Crippen LogP contribution in [0.4, 0.5) is 0 Å². The Morgan fingerprint density at radius 2 is 2.06 bits per heavy atom. The number of methoxy groups -OCH3 is 1. The fraction of sp³-hybridized carbons (Fsp3) is 0.538. The van der Waals surface area contributed by atoms with Crippen molar-refractivity contribution in [3.05, 3.63) is 23.8 Å². The highest BCUT2D eigenvalue weighted by Gasteiger charge is 2.24. The lowest BCUT2D eigenvalue weighted by molar-refractivity contribution is 0.0581. The predicted octanol–water partition coefficient (Wildman–Crippen LogP) is 2.25. The van der Waals surface area contributed by atoms with E-state index >= 15 is 0 Å². The van der Waals surface area contributed by atoms with Crippen molar-refractivity contribution in [1.82, 2.24) is 0 Å². The Kier molecular flexibility index (Phi) is 5.72. The Morgan fingerprint density at radius 3 is 2.67 bits per heavy atom. The fourth-order valence-corrected chi connectivity index (χ4v) is 2.26. The topological polar surface area (TPSA) is 64.7 Å². The number of phenols is 1. The van der Waals surface area contributed by atoms with Gasteiger partial charge in [0.1, 0.15) is 11.5 Å². The van der Waals surface area contributed by atoms with Crippen LogP contribution in [0.3, 0.4) is 0 Å². The van der Waals surface area contributed by atoms with Crippen LogP contribution in [-0.4, -0.2) is 25.4 Å². The largest absolute Gasteiger partial charge is 0.508 e. The van der Waals surface area contributed by atoms with Crippen molar-refractivity contribution in [3.8, 4) is 11.5 Å². The van der Waals surface area contributed by atoms with Gasteiger partial charge in [0.2, 0.25) is 0 Å². The highest BCUT2D eigenvalue weighted by Crippen LogP contribution is 2.34. The Hall–Kier alpha value is -0.970. The number of rotatable bonds is 3. The van der Waals surface area contributed by atoms with Gasteiger partial charge >= 0.3 is 0 Å². The quantitative estimate of drug-likeness (QED) is 0.887. The Morgan fingerprint density at radius 1 is 1.39 bits per heavy atom. The molecule has 0 aliphatic carbocycles.